The van der Waals surface area contributed by atoms with Crippen LogP contribution in [0.3, 0.4) is 0 Å². The standard InChI is InChI=1S/C21H25NO4/c1-25-18-10-8-17(9-11-18)20(23)22-14-5-12-21(24,13-15-22)16-26-19-6-3-2-4-7-19/h2-4,6-11,24H,5,12-16H2,1H3. The van der Waals surface area contributed by atoms with Crippen LogP contribution in [0.5, 0.6) is 11.5 Å². The minimum Gasteiger partial charge on any atom is -0.497 e. The summed E-state index contributed by atoms with van der Waals surface area (Å²) < 4.78 is 10.9. The van der Waals surface area contributed by atoms with E-state index in [0.29, 0.717) is 31.5 Å². The van der Waals surface area contributed by atoms with Gasteiger partial charge in [-0.1, -0.05) is 18.2 Å². The first-order valence-electron chi connectivity index (χ1n) is 8.93. The number of ether oxygens (including phenoxy) is 2. The Hall–Kier alpha value is -2.53. The monoisotopic (exact) mass is 355 g/mol. The van der Waals surface area contributed by atoms with Gasteiger partial charge in [0, 0.05) is 18.7 Å². The predicted molar refractivity (Wildman–Crippen MR) is 99.6 cm³/mol. The van der Waals surface area contributed by atoms with E-state index in [9.17, 15) is 9.90 Å². The third-order valence-corrected chi connectivity index (χ3v) is 4.79. The zero-order valence-electron chi connectivity index (χ0n) is 15.1. The van der Waals surface area contributed by atoms with Gasteiger partial charge in [0.2, 0.25) is 0 Å². The molecule has 26 heavy (non-hydrogen) atoms. The third-order valence-electron chi connectivity index (χ3n) is 4.79. The van der Waals surface area contributed by atoms with E-state index in [1.807, 2.05) is 35.2 Å². The maximum absolute atomic E-state index is 12.7. The van der Waals surface area contributed by atoms with Crippen LogP contribution in [0.25, 0.3) is 0 Å². The van der Waals surface area contributed by atoms with Crippen molar-refractivity contribution in [1.29, 1.82) is 0 Å². The highest BCUT2D eigenvalue weighted by molar-refractivity contribution is 5.94. The highest BCUT2D eigenvalue weighted by Gasteiger charge is 2.32. The van der Waals surface area contributed by atoms with Crippen LogP contribution in [0, 0.1) is 0 Å². The number of likely N-dealkylation sites (tertiary alicyclic amines) is 1. The smallest absolute Gasteiger partial charge is 0.253 e. The molecule has 1 saturated heterocycles. The van der Waals surface area contributed by atoms with Crippen molar-refractivity contribution in [3.05, 3.63) is 60.2 Å². The zero-order valence-corrected chi connectivity index (χ0v) is 15.1. The molecule has 1 unspecified atom stereocenters. The summed E-state index contributed by atoms with van der Waals surface area (Å²) in [7, 11) is 1.60. The van der Waals surface area contributed by atoms with E-state index in [0.717, 1.165) is 17.9 Å². The molecule has 0 aliphatic carbocycles. The summed E-state index contributed by atoms with van der Waals surface area (Å²) in [6.07, 6.45) is 1.87. The second-order valence-corrected chi connectivity index (χ2v) is 6.70. The van der Waals surface area contributed by atoms with Crippen molar-refractivity contribution in [2.75, 3.05) is 26.8 Å². The topological polar surface area (TPSA) is 59.0 Å². The predicted octanol–water partition coefficient (Wildman–Crippen LogP) is 3.13. The number of carbonyl (C=O) groups excluding carboxylic acids is 1. The Morgan fingerprint density at radius 3 is 2.46 bits per heavy atom. The van der Waals surface area contributed by atoms with Gasteiger partial charge in [0.25, 0.3) is 5.91 Å². The fourth-order valence-corrected chi connectivity index (χ4v) is 3.18. The number of benzene rings is 2. The van der Waals surface area contributed by atoms with Crippen molar-refractivity contribution in [3.63, 3.8) is 0 Å². The van der Waals surface area contributed by atoms with Crippen LogP contribution in [0.1, 0.15) is 29.6 Å². The number of para-hydroxylation sites is 1. The van der Waals surface area contributed by atoms with Crippen LogP contribution >= 0.6 is 0 Å². The number of hydrogen-bond donors (Lipinski definition) is 1. The van der Waals surface area contributed by atoms with Gasteiger partial charge in [-0.3, -0.25) is 4.79 Å². The molecular formula is C21H25NO4. The average Bonchev–Trinajstić information content (AvgIpc) is 2.89. The van der Waals surface area contributed by atoms with Crippen LogP contribution in [0.2, 0.25) is 0 Å². The van der Waals surface area contributed by atoms with Crippen molar-refractivity contribution in [1.82, 2.24) is 4.90 Å². The molecule has 2 aromatic carbocycles. The SMILES string of the molecule is COc1ccc(C(=O)N2CCCC(O)(COc3ccccc3)CC2)cc1. The average molecular weight is 355 g/mol. The summed E-state index contributed by atoms with van der Waals surface area (Å²) in [6.45, 7) is 1.39. The van der Waals surface area contributed by atoms with Crippen LogP contribution in [0.4, 0.5) is 0 Å². The molecule has 2 aromatic rings. The van der Waals surface area contributed by atoms with E-state index in [-0.39, 0.29) is 12.5 Å². The van der Waals surface area contributed by atoms with E-state index >= 15 is 0 Å². The summed E-state index contributed by atoms with van der Waals surface area (Å²) in [5, 5.41) is 10.9. The van der Waals surface area contributed by atoms with Gasteiger partial charge in [-0.2, -0.15) is 0 Å². The number of aliphatic hydroxyl groups is 1. The van der Waals surface area contributed by atoms with Gasteiger partial charge in [-0.15, -0.1) is 0 Å². The fourth-order valence-electron chi connectivity index (χ4n) is 3.18. The van der Waals surface area contributed by atoms with Crippen molar-refractivity contribution in [2.45, 2.75) is 24.9 Å². The molecule has 1 N–H and O–H groups in total. The summed E-state index contributed by atoms with van der Waals surface area (Å²) in [6, 6.07) is 16.6. The number of rotatable bonds is 5. The molecule has 0 spiro atoms. The van der Waals surface area contributed by atoms with Gasteiger partial charge in [-0.25, -0.2) is 0 Å². The lowest BCUT2D eigenvalue weighted by Crippen LogP contribution is -2.38. The minimum atomic E-state index is -0.912. The summed E-state index contributed by atoms with van der Waals surface area (Å²) in [5.41, 5.74) is -0.276. The van der Waals surface area contributed by atoms with Gasteiger partial charge in [0.15, 0.2) is 0 Å². The number of methoxy groups -OCH3 is 1. The first kappa shape index (κ1) is 18.3. The van der Waals surface area contributed by atoms with Crippen LogP contribution in [0.15, 0.2) is 54.6 Å². The maximum Gasteiger partial charge on any atom is 0.253 e. The Morgan fingerprint density at radius 1 is 1.04 bits per heavy atom. The lowest BCUT2D eigenvalue weighted by Gasteiger charge is -2.27. The molecule has 0 radical (unpaired) electrons. The highest BCUT2D eigenvalue weighted by Crippen LogP contribution is 2.25. The second-order valence-electron chi connectivity index (χ2n) is 6.70. The minimum absolute atomic E-state index is 0.0131. The van der Waals surface area contributed by atoms with E-state index in [1.54, 1.807) is 31.4 Å². The van der Waals surface area contributed by atoms with Crippen LogP contribution in [-0.2, 0) is 0 Å². The Kier molecular flexibility index (Phi) is 5.78. The van der Waals surface area contributed by atoms with Gasteiger partial charge < -0.3 is 19.5 Å². The summed E-state index contributed by atoms with van der Waals surface area (Å²) in [4.78, 5) is 14.5. The third kappa shape index (κ3) is 4.55. The maximum atomic E-state index is 12.7. The van der Waals surface area contributed by atoms with Crippen molar-refractivity contribution >= 4 is 5.91 Å². The molecule has 5 heteroatoms. The van der Waals surface area contributed by atoms with E-state index in [1.165, 1.54) is 0 Å². The summed E-state index contributed by atoms with van der Waals surface area (Å²) >= 11 is 0. The Bertz CT molecular complexity index is 717. The number of amides is 1. The molecule has 0 bridgehead atoms. The first-order valence-corrected chi connectivity index (χ1v) is 8.93. The molecule has 0 saturated carbocycles. The van der Waals surface area contributed by atoms with Gasteiger partial charge in [0.1, 0.15) is 23.7 Å². The lowest BCUT2D eigenvalue weighted by molar-refractivity contribution is -0.0163. The molecule has 1 atom stereocenters. The van der Waals surface area contributed by atoms with Gasteiger partial charge in [0.05, 0.1) is 7.11 Å². The molecular weight excluding hydrogens is 330 g/mol. The Balaban J connectivity index is 1.58. The zero-order chi connectivity index (χ0) is 18.4. The van der Waals surface area contributed by atoms with Crippen molar-refractivity contribution in [2.24, 2.45) is 0 Å². The lowest BCUT2D eigenvalue weighted by atomic mass is 9.96. The molecule has 1 aliphatic heterocycles. The molecule has 0 aromatic heterocycles. The molecule has 138 valence electrons. The normalized spacial score (nSPS) is 20.3. The molecule has 1 heterocycles. The van der Waals surface area contributed by atoms with Crippen LogP contribution < -0.4 is 9.47 Å². The second kappa shape index (κ2) is 8.23. The van der Waals surface area contributed by atoms with Crippen molar-refractivity contribution in [3.8, 4) is 11.5 Å². The first-order chi connectivity index (χ1) is 12.6. The van der Waals surface area contributed by atoms with E-state index < -0.39 is 5.60 Å². The largest absolute Gasteiger partial charge is 0.497 e. The van der Waals surface area contributed by atoms with Crippen LogP contribution in [-0.4, -0.2) is 48.3 Å². The van der Waals surface area contributed by atoms with Crippen molar-refractivity contribution < 1.29 is 19.4 Å². The Morgan fingerprint density at radius 2 is 1.77 bits per heavy atom. The fraction of sp³-hybridized carbons (Fsp3) is 0.381. The highest BCUT2D eigenvalue weighted by atomic mass is 16.5. The number of hydrogen-bond acceptors (Lipinski definition) is 4. The van der Waals surface area contributed by atoms with Gasteiger partial charge in [-0.05, 0) is 55.7 Å². The molecule has 5 nitrogen and oxygen atoms in total. The van der Waals surface area contributed by atoms with Gasteiger partial charge >= 0.3 is 0 Å². The molecule has 1 aliphatic rings. The molecule has 1 amide bonds. The van der Waals surface area contributed by atoms with E-state index in [4.69, 9.17) is 9.47 Å². The Labute approximate surface area is 154 Å². The number of carbonyl (C=O) groups is 1. The number of nitrogens with zero attached hydrogens (tertiary/aromatic N) is 1. The quantitative estimate of drug-likeness (QED) is 0.895. The molecule has 1 fully saturated rings. The molecule has 3 rings (SSSR count). The van der Waals surface area contributed by atoms with E-state index in [2.05, 4.69) is 0 Å². The summed E-state index contributed by atoms with van der Waals surface area (Å²) in [5.74, 6) is 1.46.